The first-order chi connectivity index (χ1) is 8.61. The van der Waals surface area contributed by atoms with Crippen LogP contribution in [0.1, 0.15) is 30.1 Å². The largest absolute Gasteiger partial charge is 0.398 e. The van der Waals surface area contributed by atoms with Crippen molar-refractivity contribution in [3.05, 3.63) is 29.8 Å². The smallest absolute Gasteiger partial charge is 0.253 e. The van der Waals surface area contributed by atoms with E-state index >= 15 is 0 Å². The summed E-state index contributed by atoms with van der Waals surface area (Å²) in [7, 11) is 0. The van der Waals surface area contributed by atoms with Crippen molar-refractivity contribution >= 4 is 11.6 Å². The number of hydrogen-bond donors (Lipinski definition) is 2. The number of para-hydroxylation sites is 1. The second-order valence-electron chi connectivity index (χ2n) is 5.19. The van der Waals surface area contributed by atoms with Crippen molar-refractivity contribution in [2.24, 2.45) is 5.41 Å². The summed E-state index contributed by atoms with van der Waals surface area (Å²) in [5.41, 5.74) is 6.99. The number of rotatable bonds is 3. The van der Waals surface area contributed by atoms with Gasteiger partial charge in [0.2, 0.25) is 0 Å². The van der Waals surface area contributed by atoms with Gasteiger partial charge < -0.3 is 15.8 Å². The maximum atomic E-state index is 12.0. The minimum absolute atomic E-state index is 0.0965. The van der Waals surface area contributed by atoms with E-state index in [2.05, 4.69) is 12.2 Å². The molecule has 2 rings (SSSR count). The van der Waals surface area contributed by atoms with Crippen LogP contribution in [0.3, 0.4) is 0 Å². The molecule has 0 saturated carbocycles. The normalized spacial score (nSPS) is 18.3. The van der Waals surface area contributed by atoms with E-state index in [0.717, 1.165) is 26.1 Å². The van der Waals surface area contributed by atoms with Crippen LogP contribution in [-0.2, 0) is 4.74 Å². The minimum Gasteiger partial charge on any atom is -0.398 e. The molecule has 1 aromatic carbocycles. The zero-order valence-electron chi connectivity index (χ0n) is 10.7. The molecule has 0 spiro atoms. The van der Waals surface area contributed by atoms with Gasteiger partial charge in [0, 0.05) is 25.4 Å². The van der Waals surface area contributed by atoms with Crippen molar-refractivity contribution in [1.29, 1.82) is 0 Å². The Hall–Kier alpha value is -1.55. The second kappa shape index (κ2) is 5.40. The molecule has 1 aromatic rings. The van der Waals surface area contributed by atoms with Crippen molar-refractivity contribution in [3.63, 3.8) is 0 Å². The first-order valence-electron chi connectivity index (χ1n) is 6.31. The Morgan fingerprint density at radius 2 is 2.06 bits per heavy atom. The number of benzene rings is 1. The van der Waals surface area contributed by atoms with E-state index in [1.165, 1.54) is 0 Å². The molecule has 1 saturated heterocycles. The number of carbonyl (C=O) groups is 1. The molecule has 1 heterocycles. The van der Waals surface area contributed by atoms with Gasteiger partial charge >= 0.3 is 0 Å². The van der Waals surface area contributed by atoms with Crippen LogP contribution in [0, 0.1) is 5.41 Å². The Morgan fingerprint density at radius 1 is 1.39 bits per heavy atom. The summed E-state index contributed by atoms with van der Waals surface area (Å²) in [6.07, 6.45) is 1.97. The number of nitrogens with one attached hydrogen (secondary N) is 1. The number of ether oxygens (including phenoxy) is 1. The van der Waals surface area contributed by atoms with Crippen molar-refractivity contribution in [2.45, 2.75) is 19.8 Å². The molecular formula is C14H20N2O2. The maximum Gasteiger partial charge on any atom is 0.253 e. The van der Waals surface area contributed by atoms with E-state index in [1.807, 2.05) is 12.1 Å². The zero-order valence-corrected chi connectivity index (χ0v) is 10.7. The van der Waals surface area contributed by atoms with Gasteiger partial charge in [0.25, 0.3) is 5.91 Å². The second-order valence-corrected chi connectivity index (χ2v) is 5.19. The molecule has 98 valence electrons. The molecule has 1 fully saturated rings. The lowest BCUT2D eigenvalue weighted by Crippen LogP contribution is -2.39. The van der Waals surface area contributed by atoms with E-state index < -0.39 is 0 Å². The van der Waals surface area contributed by atoms with Gasteiger partial charge in [-0.1, -0.05) is 19.1 Å². The van der Waals surface area contributed by atoms with Crippen LogP contribution in [-0.4, -0.2) is 25.7 Å². The molecule has 4 nitrogen and oxygen atoms in total. The highest BCUT2D eigenvalue weighted by Crippen LogP contribution is 2.28. The number of anilines is 1. The van der Waals surface area contributed by atoms with E-state index in [0.29, 0.717) is 17.8 Å². The van der Waals surface area contributed by atoms with Crippen LogP contribution in [0.2, 0.25) is 0 Å². The molecular weight excluding hydrogens is 228 g/mol. The van der Waals surface area contributed by atoms with Gasteiger partial charge in [-0.25, -0.2) is 0 Å². The quantitative estimate of drug-likeness (QED) is 0.802. The van der Waals surface area contributed by atoms with Crippen molar-refractivity contribution in [3.8, 4) is 0 Å². The van der Waals surface area contributed by atoms with E-state index in [-0.39, 0.29) is 11.3 Å². The first kappa shape index (κ1) is 12.9. The highest BCUT2D eigenvalue weighted by Gasteiger charge is 2.27. The number of amides is 1. The fraction of sp³-hybridized carbons (Fsp3) is 0.500. The molecule has 4 heteroatoms. The highest BCUT2D eigenvalue weighted by molar-refractivity contribution is 5.99. The third kappa shape index (κ3) is 3.01. The highest BCUT2D eigenvalue weighted by atomic mass is 16.5. The summed E-state index contributed by atoms with van der Waals surface area (Å²) in [6, 6.07) is 7.13. The molecule has 0 atom stereocenters. The van der Waals surface area contributed by atoms with Gasteiger partial charge in [0.05, 0.1) is 5.56 Å². The predicted octanol–water partition coefficient (Wildman–Crippen LogP) is 1.82. The summed E-state index contributed by atoms with van der Waals surface area (Å²) in [5, 5.41) is 2.98. The van der Waals surface area contributed by atoms with Crippen LogP contribution in [0.25, 0.3) is 0 Å². The number of carbonyl (C=O) groups excluding carboxylic acids is 1. The topological polar surface area (TPSA) is 64.4 Å². The van der Waals surface area contributed by atoms with Crippen molar-refractivity contribution in [2.75, 3.05) is 25.5 Å². The summed E-state index contributed by atoms with van der Waals surface area (Å²) in [6.45, 7) is 4.41. The van der Waals surface area contributed by atoms with E-state index in [9.17, 15) is 4.79 Å². The summed E-state index contributed by atoms with van der Waals surface area (Å²) in [5.74, 6) is -0.0965. The molecule has 0 radical (unpaired) electrons. The van der Waals surface area contributed by atoms with Crippen molar-refractivity contribution < 1.29 is 9.53 Å². The monoisotopic (exact) mass is 248 g/mol. The Morgan fingerprint density at radius 3 is 2.72 bits per heavy atom. The van der Waals surface area contributed by atoms with Gasteiger partial charge in [-0.05, 0) is 30.4 Å². The molecule has 0 unspecified atom stereocenters. The fourth-order valence-corrected chi connectivity index (χ4v) is 2.13. The maximum absolute atomic E-state index is 12.0. The third-order valence-corrected chi connectivity index (χ3v) is 3.58. The predicted molar refractivity (Wildman–Crippen MR) is 71.3 cm³/mol. The molecule has 1 aliphatic rings. The molecule has 0 aromatic heterocycles. The van der Waals surface area contributed by atoms with Gasteiger partial charge in [-0.15, -0.1) is 0 Å². The lowest BCUT2D eigenvalue weighted by atomic mass is 9.82. The zero-order chi connectivity index (χ0) is 13.0. The van der Waals surface area contributed by atoms with Gasteiger partial charge in [-0.3, -0.25) is 4.79 Å². The SMILES string of the molecule is CC1(CNC(=O)c2ccccc2N)CCOCC1. The van der Waals surface area contributed by atoms with Gasteiger partial charge in [0.15, 0.2) is 0 Å². The minimum atomic E-state index is -0.0965. The number of nitrogens with two attached hydrogens (primary N) is 1. The van der Waals surface area contributed by atoms with Crippen LogP contribution >= 0.6 is 0 Å². The standard InChI is InChI=1S/C14H20N2O2/c1-14(6-8-18-9-7-14)10-16-13(17)11-4-2-3-5-12(11)15/h2-5H,6-10,15H2,1H3,(H,16,17). The Balaban J connectivity index is 1.94. The molecule has 0 bridgehead atoms. The van der Waals surface area contributed by atoms with Gasteiger partial charge in [0.1, 0.15) is 0 Å². The lowest BCUT2D eigenvalue weighted by molar-refractivity contribution is 0.0238. The molecule has 1 amide bonds. The average molecular weight is 248 g/mol. The third-order valence-electron chi connectivity index (χ3n) is 3.58. The van der Waals surface area contributed by atoms with Crippen LogP contribution < -0.4 is 11.1 Å². The first-order valence-corrected chi connectivity index (χ1v) is 6.31. The Kier molecular flexibility index (Phi) is 3.87. The van der Waals surface area contributed by atoms with Crippen molar-refractivity contribution in [1.82, 2.24) is 5.32 Å². The summed E-state index contributed by atoms with van der Waals surface area (Å²) >= 11 is 0. The molecule has 1 aliphatic heterocycles. The van der Waals surface area contributed by atoms with E-state index in [4.69, 9.17) is 10.5 Å². The Bertz CT molecular complexity index is 426. The summed E-state index contributed by atoms with van der Waals surface area (Å²) in [4.78, 5) is 12.0. The van der Waals surface area contributed by atoms with Gasteiger partial charge in [-0.2, -0.15) is 0 Å². The molecule has 18 heavy (non-hydrogen) atoms. The number of nitrogen functional groups attached to an aromatic ring is 1. The van der Waals surface area contributed by atoms with Crippen LogP contribution in [0.15, 0.2) is 24.3 Å². The summed E-state index contributed by atoms with van der Waals surface area (Å²) < 4.78 is 5.34. The van der Waals surface area contributed by atoms with Crippen LogP contribution in [0.4, 0.5) is 5.69 Å². The average Bonchev–Trinajstić information content (AvgIpc) is 2.38. The molecule has 0 aliphatic carbocycles. The molecule has 3 N–H and O–H groups in total. The van der Waals surface area contributed by atoms with Crippen LogP contribution in [0.5, 0.6) is 0 Å². The lowest BCUT2D eigenvalue weighted by Gasteiger charge is -2.33. The fourth-order valence-electron chi connectivity index (χ4n) is 2.13. The van der Waals surface area contributed by atoms with E-state index in [1.54, 1.807) is 12.1 Å². The number of hydrogen-bond acceptors (Lipinski definition) is 3. The Labute approximate surface area is 108 Å².